The number of rotatable bonds is 3. The van der Waals surface area contributed by atoms with Crippen LogP contribution < -0.4 is 11.1 Å². The predicted molar refractivity (Wildman–Crippen MR) is 74.9 cm³/mol. The van der Waals surface area contributed by atoms with E-state index < -0.39 is 0 Å². The van der Waals surface area contributed by atoms with Crippen LogP contribution >= 0.6 is 0 Å². The Balaban J connectivity index is 1.76. The van der Waals surface area contributed by atoms with E-state index in [4.69, 9.17) is 5.73 Å². The first-order chi connectivity index (χ1) is 9.26. The smallest absolute Gasteiger partial charge is 0.224 e. The Bertz CT molecular complexity index is 556. The van der Waals surface area contributed by atoms with E-state index in [0.717, 1.165) is 43.8 Å². The number of hydrogen-bond acceptors (Lipinski definition) is 6. The molecule has 0 aliphatic carbocycles. The van der Waals surface area contributed by atoms with Crippen molar-refractivity contribution in [1.29, 1.82) is 0 Å². The minimum absolute atomic E-state index is 0.257. The number of piperidine rings is 1. The van der Waals surface area contributed by atoms with Gasteiger partial charge in [0.15, 0.2) is 11.5 Å². The minimum Gasteiger partial charge on any atom is -0.368 e. The Morgan fingerprint density at radius 2 is 2.21 bits per heavy atom. The summed E-state index contributed by atoms with van der Waals surface area (Å²) in [5.41, 5.74) is 7.15. The van der Waals surface area contributed by atoms with Gasteiger partial charge in [0.05, 0.1) is 6.33 Å². The zero-order valence-corrected chi connectivity index (χ0v) is 11.1. The summed E-state index contributed by atoms with van der Waals surface area (Å²) in [5, 5.41) is 3.47. The quantitative estimate of drug-likeness (QED) is 0.757. The number of nitrogen functional groups attached to an aromatic ring is 1. The van der Waals surface area contributed by atoms with Crippen molar-refractivity contribution in [3.63, 3.8) is 0 Å². The third-order valence-electron chi connectivity index (χ3n) is 3.68. The molecular weight excluding hydrogens is 242 g/mol. The summed E-state index contributed by atoms with van der Waals surface area (Å²) in [6.07, 6.45) is 3.85. The number of anilines is 2. The van der Waals surface area contributed by atoms with Crippen molar-refractivity contribution in [2.24, 2.45) is 0 Å². The highest BCUT2D eigenvalue weighted by Crippen LogP contribution is 2.21. The van der Waals surface area contributed by atoms with E-state index in [1.165, 1.54) is 0 Å². The molecule has 0 saturated carbocycles. The number of hydrogen-bond donors (Lipinski definition) is 3. The van der Waals surface area contributed by atoms with Gasteiger partial charge in [0, 0.05) is 19.1 Å². The predicted octanol–water partition coefficient (Wildman–Crippen LogP) is 0.831. The Kier molecular flexibility index (Phi) is 3.20. The van der Waals surface area contributed by atoms with Gasteiger partial charge in [-0.3, -0.25) is 0 Å². The van der Waals surface area contributed by atoms with Crippen LogP contribution in [0.1, 0.15) is 19.8 Å². The van der Waals surface area contributed by atoms with Crippen LogP contribution in [0.25, 0.3) is 11.2 Å². The summed E-state index contributed by atoms with van der Waals surface area (Å²) in [4.78, 5) is 18.0. The van der Waals surface area contributed by atoms with Crippen molar-refractivity contribution in [2.75, 3.05) is 30.7 Å². The maximum atomic E-state index is 5.71. The van der Waals surface area contributed by atoms with E-state index in [-0.39, 0.29) is 5.95 Å². The standard InChI is InChI=1S/C12H19N7/c1-2-19-5-3-8(4-6-19)16-11-9-10(15-7-14-9)17-12(13)18-11/h7-8H,2-6H2,1H3,(H4,13,14,15,16,17,18). The monoisotopic (exact) mass is 261 g/mol. The van der Waals surface area contributed by atoms with E-state index in [1.807, 2.05) is 0 Å². The van der Waals surface area contributed by atoms with Crippen LogP contribution in [-0.2, 0) is 0 Å². The van der Waals surface area contributed by atoms with E-state index >= 15 is 0 Å². The fourth-order valence-electron chi connectivity index (χ4n) is 2.54. The van der Waals surface area contributed by atoms with Crippen LogP contribution in [0.5, 0.6) is 0 Å². The van der Waals surface area contributed by atoms with Crippen LogP contribution in [-0.4, -0.2) is 50.5 Å². The summed E-state index contributed by atoms with van der Waals surface area (Å²) in [5.74, 6) is 1.02. The molecular formula is C12H19N7. The van der Waals surface area contributed by atoms with Crippen LogP contribution in [0, 0.1) is 0 Å². The topological polar surface area (TPSA) is 95.8 Å². The van der Waals surface area contributed by atoms with E-state index in [0.29, 0.717) is 11.7 Å². The third-order valence-corrected chi connectivity index (χ3v) is 3.68. The lowest BCUT2D eigenvalue weighted by molar-refractivity contribution is 0.229. The highest BCUT2D eigenvalue weighted by atomic mass is 15.2. The minimum atomic E-state index is 0.257. The molecule has 0 spiro atoms. The van der Waals surface area contributed by atoms with Crippen molar-refractivity contribution < 1.29 is 0 Å². The van der Waals surface area contributed by atoms with Gasteiger partial charge in [0.25, 0.3) is 0 Å². The highest BCUT2D eigenvalue weighted by molar-refractivity contribution is 5.83. The second-order valence-corrected chi connectivity index (χ2v) is 4.88. The van der Waals surface area contributed by atoms with Crippen molar-refractivity contribution in [3.05, 3.63) is 6.33 Å². The summed E-state index contributed by atoms with van der Waals surface area (Å²) >= 11 is 0. The molecule has 0 bridgehead atoms. The molecule has 0 aromatic carbocycles. The molecule has 0 amide bonds. The number of likely N-dealkylation sites (tertiary alicyclic amines) is 1. The van der Waals surface area contributed by atoms with Crippen molar-refractivity contribution in [3.8, 4) is 0 Å². The average Bonchev–Trinajstić information content (AvgIpc) is 2.88. The van der Waals surface area contributed by atoms with Gasteiger partial charge in [0.2, 0.25) is 5.95 Å². The zero-order chi connectivity index (χ0) is 13.2. The molecule has 0 unspecified atom stereocenters. The molecule has 3 heterocycles. The first kappa shape index (κ1) is 12.2. The first-order valence-electron chi connectivity index (χ1n) is 6.71. The Morgan fingerprint density at radius 1 is 1.42 bits per heavy atom. The molecule has 2 aromatic rings. The maximum absolute atomic E-state index is 5.71. The molecule has 102 valence electrons. The van der Waals surface area contributed by atoms with Crippen LogP contribution in [0.2, 0.25) is 0 Å². The molecule has 4 N–H and O–H groups in total. The van der Waals surface area contributed by atoms with E-state index in [2.05, 4.69) is 37.1 Å². The number of nitrogens with one attached hydrogen (secondary N) is 2. The van der Waals surface area contributed by atoms with Crippen LogP contribution in [0.15, 0.2) is 6.33 Å². The number of aromatic nitrogens is 4. The maximum Gasteiger partial charge on any atom is 0.224 e. The van der Waals surface area contributed by atoms with Crippen molar-refractivity contribution >= 4 is 22.9 Å². The fourth-order valence-corrected chi connectivity index (χ4v) is 2.54. The number of nitrogens with two attached hydrogens (primary N) is 1. The molecule has 7 nitrogen and oxygen atoms in total. The van der Waals surface area contributed by atoms with Gasteiger partial charge in [-0.1, -0.05) is 6.92 Å². The van der Waals surface area contributed by atoms with Crippen molar-refractivity contribution in [1.82, 2.24) is 24.8 Å². The van der Waals surface area contributed by atoms with Crippen molar-refractivity contribution in [2.45, 2.75) is 25.8 Å². The average molecular weight is 261 g/mol. The normalized spacial score (nSPS) is 17.9. The van der Waals surface area contributed by atoms with Gasteiger partial charge >= 0.3 is 0 Å². The second kappa shape index (κ2) is 5.00. The molecule has 0 atom stereocenters. The Labute approximate surface area is 111 Å². The van der Waals surface area contributed by atoms with Gasteiger partial charge in [-0.15, -0.1) is 0 Å². The van der Waals surface area contributed by atoms with Gasteiger partial charge in [-0.25, -0.2) is 4.98 Å². The van der Waals surface area contributed by atoms with E-state index in [1.54, 1.807) is 6.33 Å². The number of aromatic amines is 1. The van der Waals surface area contributed by atoms with Gasteiger partial charge in [-0.2, -0.15) is 9.97 Å². The SMILES string of the molecule is CCN1CCC(Nc2nc(N)nc3nc[nH]c23)CC1. The number of fused-ring (bicyclic) bond motifs is 1. The number of imidazole rings is 1. The molecule has 1 saturated heterocycles. The molecule has 1 aliphatic heterocycles. The van der Waals surface area contributed by atoms with Gasteiger partial charge in [-0.05, 0) is 19.4 Å². The number of nitrogens with zero attached hydrogens (tertiary/aromatic N) is 4. The molecule has 1 aliphatic rings. The fraction of sp³-hybridized carbons (Fsp3) is 0.583. The Morgan fingerprint density at radius 3 is 2.95 bits per heavy atom. The molecule has 7 heteroatoms. The van der Waals surface area contributed by atoms with Crippen LogP contribution in [0.3, 0.4) is 0 Å². The molecule has 19 heavy (non-hydrogen) atoms. The lowest BCUT2D eigenvalue weighted by atomic mass is 10.1. The lowest BCUT2D eigenvalue weighted by Gasteiger charge is -2.31. The largest absolute Gasteiger partial charge is 0.368 e. The third kappa shape index (κ3) is 2.46. The van der Waals surface area contributed by atoms with Gasteiger partial charge in [0.1, 0.15) is 5.52 Å². The summed E-state index contributed by atoms with van der Waals surface area (Å²) in [7, 11) is 0. The number of H-pyrrole nitrogens is 1. The Hall–Kier alpha value is -1.89. The zero-order valence-electron chi connectivity index (χ0n) is 11.1. The first-order valence-corrected chi connectivity index (χ1v) is 6.71. The lowest BCUT2D eigenvalue weighted by Crippen LogP contribution is -2.39. The molecule has 1 fully saturated rings. The molecule has 3 rings (SSSR count). The summed E-state index contributed by atoms with van der Waals surface area (Å²) in [6.45, 7) is 5.58. The summed E-state index contributed by atoms with van der Waals surface area (Å²) in [6, 6.07) is 0.434. The summed E-state index contributed by atoms with van der Waals surface area (Å²) < 4.78 is 0. The molecule has 0 radical (unpaired) electrons. The second-order valence-electron chi connectivity index (χ2n) is 4.88. The van der Waals surface area contributed by atoms with Gasteiger partial charge < -0.3 is 20.9 Å². The van der Waals surface area contributed by atoms with Crippen LogP contribution in [0.4, 0.5) is 11.8 Å². The van der Waals surface area contributed by atoms with E-state index in [9.17, 15) is 0 Å². The highest BCUT2D eigenvalue weighted by Gasteiger charge is 2.19. The molecule has 2 aromatic heterocycles.